The van der Waals surface area contributed by atoms with Gasteiger partial charge in [-0.25, -0.2) is 0 Å². The molecule has 5 nitrogen and oxygen atoms in total. The second kappa shape index (κ2) is 6.52. The van der Waals surface area contributed by atoms with Crippen LogP contribution in [0.25, 0.3) is 0 Å². The molecule has 1 aliphatic rings. The van der Waals surface area contributed by atoms with Crippen LogP contribution in [0.5, 0.6) is 0 Å². The van der Waals surface area contributed by atoms with Gasteiger partial charge in [-0.05, 0) is 31.0 Å². The highest BCUT2D eigenvalue weighted by atomic mass is 16.3. The molecule has 0 radical (unpaired) electrons. The quantitative estimate of drug-likeness (QED) is 0.878. The first kappa shape index (κ1) is 14.5. The summed E-state index contributed by atoms with van der Waals surface area (Å²) in [4.78, 5) is 25.5. The van der Waals surface area contributed by atoms with Crippen LogP contribution < -0.4 is 5.32 Å². The Kier molecular flexibility index (Phi) is 4.74. The molecule has 5 heteroatoms. The Morgan fingerprint density at radius 2 is 2.25 bits per heavy atom. The maximum atomic E-state index is 12.4. The molecule has 20 heavy (non-hydrogen) atoms. The fourth-order valence-corrected chi connectivity index (χ4v) is 2.44. The first-order valence-electron chi connectivity index (χ1n) is 6.97. The number of nitrogens with zero attached hydrogens (tertiary/aromatic N) is 1. The number of carbonyl (C=O) groups is 2. The normalized spacial score (nSPS) is 18.1. The van der Waals surface area contributed by atoms with Crippen molar-refractivity contribution in [3.8, 4) is 0 Å². The van der Waals surface area contributed by atoms with Crippen molar-refractivity contribution in [2.75, 3.05) is 18.5 Å². The Hall–Kier alpha value is -1.88. The van der Waals surface area contributed by atoms with Crippen molar-refractivity contribution in [1.82, 2.24) is 4.90 Å². The fraction of sp³-hybridized carbons (Fsp3) is 0.467. The number of amides is 2. The molecule has 1 aromatic rings. The van der Waals surface area contributed by atoms with Crippen molar-refractivity contribution in [2.24, 2.45) is 0 Å². The third-order valence-electron chi connectivity index (χ3n) is 3.56. The van der Waals surface area contributed by atoms with Crippen molar-refractivity contribution >= 4 is 17.5 Å². The van der Waals surface area contributed by atoms with Crippen LogP contribution in [0.2, 0.25) is 0 Å². The second-order valence-electron chi connectivity index (χ2n) is 4.96. The van der Waals surface area contributed by atoms with Gasteiger partial charge in [0.1, 0.15) is 0 Å². The van der Waals surface area contributed by atoms with Crippen LogP contribution in [0, 0.1) is 0 Å². The van der Waals surface area contributed by atoms with Gasteiger partial charge in [-0.15, -0.1) is 0 Å². The van der Waals surface area contributed by atoms with E-state index in [1.165, 1.54) is 0 Å². The molecule has 1 atom stereocenters. The lowest BCUT2D eigenvalue weighted by Crippen LogP contribution is -2.37. The Labute approximate surface area is 118 Å². The molecule has 1 saturated heterocycles. The van der Waals surface area contributed by atoms with Crippen molar-refractivity contribution in [2.45, 2.75) is 32.2 Å². The molecular formula is C15H20N2O3. The highest BCUT2D eigenvalue weighted by Gasteiger charge is 2.28. The number of hydrogen-bond donors (Lipinski definition) is 2. The molecule has 0 unspecified atom stereocenters. The van der Waals surface area contributed by atoms with Gasteiger partial charge >= 0.3 is 0 Å². The Balaban J connectivity index is 2.14. The van der Waals surface area contributed by atoms with Crippen molar-refractivity contribution in [3.63, 3.8) is 0 Å². The zero-order valence-electron chi connectivity index (χ0n) is 11.6. The maximum Gasteiger partial charge on any atom is 0.254 e. The summed E-state index contributed by atoms with van der Waals surface area (Å²) in [5.41, 5.74) is 1.17. The summed E-state index contributed by atoms with van der Waals surface area (Å²) >= 11 is 0. The first-order chi connectivity index (χ1) is 9.65. The molecule has 0 saturated carbocycles. The highest BCUT2D eigenvalue weighted by molar-refractivity contribution is 5.97. The number of aliphatic hydroxyl groups is 1. The number of rotatable bonds is 4. The van der Waals surface area contributed by atoms with Gasteiger partial charge in [-0.2, -0.15) is 0 Å². The Morgan fingerprint density at radius 3 is 2.95 bits per heavy atom. The summed E-state index contributed by atoms with van der Waals surface area (Å²) in [7, 11) is 0. The van der Waals surface area contributed by atoms with Gasteiger partial charge in [0.25, 0.3) is 5.91 Å². The van der Waals surface area contributed by atoms with E-state index >= 15 is 0 Å². The standard InChI is InChI=1S/C15H20N2O3/c1-2-14(19)16-12-6-3-5-11(9-12)15(20)17-8-4-7-13(17)10-18/h3,5-6,9,13,18H,2,4,7-8,10H2,1H3,(H,16,19)/t13-/m1/s1. The summed E-state index contributed by atoms with van der Waals surface area (Å²) in [6.07, 6.45) is 2.16. The molecule has 2 rings (SSSR count). The lowest BCUT2D eigenvalue weighted by Gasteiger charge is -2.23. The van der Waals surface area contributed by atoms with Gasteiger partial charge in [0, 0.05) is 24.2 Å². The number of nitrogens with one attached hydrogen (secondary N) is 1. The van der Waals surface area contributed by atoms with E-state index in [0.717, 1.165) is 12.8 Å². The fourth-order valence-electron chi connectivity index (χ4n) is 2.44. The SMILES string of the molecule is CCC(=O)Nc1cccc(C(=O)N2CCC[C@@H]2CO)c1. The van der Waals surface area contributed by atoms with Gasteiger partial charge in [0.05, 0.1) is 12.6 Å². The van der Waals surface area contributed by atoms with E-state index < -0.39 is 0 Å². The molecule has 1 fully saturated rings. The summed E-state index contributed by atoms with van der Waals surface area (Å²) in [5.74, 6) is -0.168. The zero-order valence-corrected chi connectivity index (χ0v) is 11.6. The Morgan fingerprint density at radius 1 is 1.45 bits per heavy atom. The van der Waals surface area contributed by atoms with Crippen molar-refractivity contribution in [3.05, 3.63) is 29.8 Å². The van der Waals surface area contributed by atoms with Gasteiger partial charge in [0.15, 0.2) is 0 Å². The average Bonchev–Trinajstić information content (AvgIpc) is 2.95. The maximum absolute atomic E-state index is 12.4. The minimum atomic E-state index is -0.0888. The van der Waals surface area contributed by atoms with E-state index in [1.807, 2.05) is 0 Å². The molecule has 0 aromatic heterocycles. The predicted molar refractivity (Wildman–Crippen MR) is 76.5 cm³/mol. The van der Waals surface area contributed by atoms with E-state index in [-0.39, 0.29) is 24.5 Å². The van der Waals surface area contributed by atoms with E-state index in [4.69, 9.17) is 0 Å². The molecule has 0 bridgehead atoms. The summed E-state index contributed by atoms with van der Waals surface area (Å²) in [6, 6.07) is 6.84. The highest BCUT2D eigenvalue weighted by Crippen LogP contribution is 2.21. The first-order valence-corrected chi connectivity index (χ1v) is 6.97. The average molecular weight is 276 g/mol. The van der Waals surface area contributed by atoms with E-state index in [0.29, 0.717) is 24.2 Å². The number of benzene rings is 1. The van der Waals surface area contributed by atoms with Crippen molar-refractivity contribution in [1.29, 1.82) is 0 Å². The molecule has 1 aliphatic heterocycles. The Bertz CT molecular complexity index is 502. The van der Waals surface area contributed by atoms with E-state index in [2.05, 4.69) is 5.32 Å². The molecule has 0 spiro atoms. The van der Waals surface area contributed by atoms with Crippen LogP contribution in [0.15, 0.2) is 24.3 Å². The van der Waals surface area contributed by atoms with Crippen LogP contribution in [0.4, 0.5) is 5.69 Å². The number of hydrogen-bond acceptors (Lipinski definition) is 3. The van der Waals surface area contributed by atoms with Crippen LogP contribution in [0.3, 0.4) is 0 Å². The third-order valence-corrected chi connectivity index (χ3v) is 3.56. The minimum absolute atomic E-state index is 0.00198. The summed E-state index contributed by atoms with van der Waals surface area (Å²) < 4.78 is 0. The number of aliphatic hydroxyl groups excluding tert-OH is 1. The molecule has 2 N–H and O–H groups in total. The zero-order chi connectivity index (χ0) is 14.5. The van der Waals surface area contributed by atoms with Crippen LogP contribution >= 0.6 is 0 Å². The van der Waals surface area contributed by atoms with Crippen LogP contribution in [-0.4, -0.2) is 41.0 Å². The second-order valence-corrected chi connectivity index (χ2v) is 4.96. The minimum Gasteiger partial charge on any atom is -0.394 e. The predicted octanol–water partition coefficient (Wildman–Crippen LogP) is 1.63. The van der Waals surface area contributed by atoms with Crippen LogP contribution in [0.1, 0.15) is 36.5 Å². The lowest BCUT2D eigenvalue weighted by atomic mass is 10.1. The van der Waals surface area contributed by atoms with Gasteiger partial charge in [0.2, 0.25) is 5.91 Å². The van der Waals surface area contributed by atoms with E-state index in [9.17, 15) is 14.7 Å². The molecule has 0 aliphatic carbocycles. The monoisotopic (exact) mass is 276 g/mol. The van der Waals surface area contributed by atoms with E-state index in [1.54, 1.807) is 36.1 Å². The lowest BCUT2D eigenvalue weighted by molar-refractivity contribution is -0.115. The molecule has 1 heterocycles. The molecule has 1 aromatic carbocycles. The van der Waals surface area contributed by atoms with Crippen molar-refractivity contribution < 1.29 is 14.7 Å². The van der Waals surface area contributed by atoms with Crippen LogP contribution in [-0.2, 0) is 4.79 Å². The van der Waals surface area contributed by atoms with Gasteiger partial charge in [-0.1, -0.05) is 13.0 Å². The number of carbonyl (C=O) groups excluding carboxylic acids is 2. The topological polar surface area (TPSA) is 69.6 Å². The summed E-state index contributed by atoms with van der Waals surface area (Å²) in [5, 5.41) is 12.0. The summed E-state index contributed by atoms with van der Waals surface area (Å²) in [6.45, 7) is 2.45. The molecule has 108 valence electrons. The van der Waals surface area contributed by atoms with Gasteiger partial charge in [-0.3, -0.25) is 9.59 Å². The molecule has 2 amide bonds. The smallest absolute Gasteiger partial charge is 0.254 e. The van der Waals surface area contributed by atoms with Gasteiger partial charge < -0.3 is 15.3 Å². The largest absolute Gasteiger partial charge is 0.394 e. The number of anilines is 1. The number of likely N-dealkylation sites (tertiary alicyclic amines) is 1. The molecular weight excluding hydrogens is 256 g/mol. The third kappa shape index (κ3) is 3.17.